The summed E-state index contributed by atoms with van der Waals surface area (Å²) in [6.45, 7) is 2.01. The van der Waals surface area contributed by atoms with Gasteiger partial charge in [0, 0.05) is 13.0 Å². The second-order valence-corrected chi connectivity index (χ2v) is 8.96. The Labute approximate surface area is 198 Å². The van der Waals surface area contributed by atoms with Crippen molar-refractivity contribution in [1.29, 1.82) is 0 Å². The number of rotatable bonds is 11. The van der Waals surface area contributed by atoms with Crippen molar-refractivity contribution in [2.75, 3.05) is 6.54 Å². The summed E-state index contributed by atoms with van der Waals surface area (Å²) in [5, 5.41) is 19.5. The van der Waals surface area contributed by atoms with Crippen LogP contribution in [0.1, 0.15) is 47.7 Å². The van der Waals surface area contributed by atoms with Gasteiger partial charge in [-0.3, -0.25) is 4.79 Å². The van der Waals surface area contributed by atoms with Gasteiger partial charge < -0.3 is 15.1 Å². The lowest BCUT2D eigenvalue weighted by atomic mass is 9.95. The summed E-state index contributed by atoms with van der Waals surface area (Å²) in [5.41, 5.74) is 2.13. The first-order valence-electron chi connectivity index (χ1n) is 11.6. The fraction of sp³-hybridized carbons (Fsp3) is 0.407. The van der Waals surface area contributed by atoms with Gasteiger partial charge in [-0.2, -0.15) is 8.78 Å². The number of hydrogen-bond donors (Lipinski definition) is 2. The number of amides is 1. The number of carboxylic acid groups (broad SMARTS) is 1. The zero-order valence-electron chi connectivity index (χ0n) is 19.2. The SMILES string of the molecule is CC(CCCc1ccccc1)C(O)C=CC1CC(F)(F)C(=O)N1CCc1ccc(C(=O)O)cc1. The molecule has 7 heteroatoms. The van der Waals surface area contributed by atoms with E-state index >= 15 is 0 Å². The molecule has 3 rings (SSSR count). The first-order chi connectivity index (χ1) is 16.2. The molecule has 2 N–H and O–H groups in total. The Balaban J connectivity index is 1.55. The summed E-state index contributed by atoms with van der Waals surface area (Å²) in [6.07, 6.45) is 4.57. The van der Waals surface area contributed by atoms with Crippen LogP contribution in [0.15, 0.2) is 66.7 Å². The normalized spacial score (nSPS) is 19.5. The molecule has 2 aromatic carbocycles. The minimum atomic E-state index is -3.44. The van der Waals surface area contributed by atoms with Crippen molar-refractivity contribution >= 4 is 11.9 Å². The van der Waals surface area contributed by atoms with Crippen molar-refractivity contribution in [3.05, 3.63) is 83.4 Å². The molecule has 0 radical (unpaired) electrons. The number of aromatic carboxylic acids is 1. The number of benzene rings is 2. The first-order valence-corrected chi connectivity index (χ1v) is 11.6. The van der Waals surface area contributed by atoms with Crippen molar-refractivity contribution in [2.24, 2.45) is 5.92 Å². The lowest BCUT2D eigenvalue weighted by molar-refractivity contribution is -0.148. The van der Waals surface area contributed by atoms with Gasteiger partial charge in [0.1, 0.15) is 0 Å². The molecule has 3 unspecified atom stereocenters. The minimum Gasteiger partial charge on any atom is -0.478 e. The molecule has 0 spiro atoms. The maximum absolute atomic E-state index is 14.2. The monoisotopic (exact) mass is 471 g/mol. The van der Waals surface area contributed by atoms with Crippen LogP contribution in [0.2, 0.25) is 0 Å². The molecule has 1 saturated heterocycles. The topological polar surface area (TPSA) is 77.8 Å². The summed E-state index contributed by atoms with van der Waals surface area (Å²) in [5.74, 6) is -5.73. The van der Waals surface area contributed by atoms with Crippen molar-refractivity contribution in [3.8, 4) is 0 Å². The number of halogens is 2. The third kappa shape index (κ3) is 6.73. The highest BCUT2D eigenvalue weighted by atomic mass is 19.3. The van der Waals surface area contributed by atoms with Gasteiger partial charge in [-0.15, -0.1) is 0 Å². The van der Waals surface area contributed by atoms with E-state index < -0.39 is 36.4 Å². The van der Waals surface area contributed by atoms with Crippen molar-refractivity contribution in [2.45, 2.75) is 57.1 Å². The predicted molar refractivity (Wildman–Crippen MR) is 126 cm³/mol. The third-order valence-corrected chi connectivity index (χ3v) is 6.36. The Hall–Kier alpha value is -3.06. The Kier molecular flexibility index (Phi) is 8.56. The van der Waals surface area contributed by atoms with Crippen LogP contribution in [0.5, 0.6) is 0 Å². The number of aliphatic hydroxyl groups is 1. The van der Waals surface area contributed by atoms with Crippen molar-refractivity contribution in [3.63, 3.8) is 0 Å². The number of likely N-dealkylation sites (tertiary alicyclic amines) is 1. The van der Waals surface area contributed by atoms with Gasteiger partial charge in [0.05, 0.1) is 17.7 Å². The number of carbonyl (C=O) groups is 2. The Bertz CT molecular complexity index is 991. The second kappa shape index (κ2) is 11.4. The van der Waals surface area contributed by atoms with E-state index in [4.69, 9.17) is 5.11 Å². The van der Waals surface area contributed by atoms with E-state index in [-0.39, 0.29) is 18.0 Å². The van der Waals surface area contributed by atoms with Gasteiger partial charge in [0.15, 0.2) is 0 Å². The number of carbonyl (C=O) groups excluding carboxylic acids is 1. The van der Waals surface area contributed by atoms with Gasteiger partial charge in [-0.1, -0.05) is 61.5 Å². The van der Waals surface area contributed by atoms with E-state index in [2.05, 4.69) is 12.1 Å². The van der Waals surface area contributed by atoms with Gasteiger partial charge >= 0.3 is 11.9 Å². The van der Waals surface area contributed by atoms with Crippen LogP contribution in [-0.4, -0.2) is 51.6 Å². The van der Waals surface area contributed by atoms with Crippen LogP contribution in [0, 0.1) is 5.92 Å². The number of aryl methyl sites for hydroxylation is 1. The zero-order chi connectivity index (χ0) is 24.7. The molecule has 182 valence electrons. The van der Waals surface area contributed by atoms with Crippen molar-refractivity contribution in [1.82, 2.24) is 4.90 Å². The minimum absolute atomic E-state index is 0.0428. The fourth-order valence-corrected chi connectivity index (χ4v) is 4.20. The number of carboxylic acids is 1. The molecule has 1 heterocycles. The Morgan fingerprint density at radius 2 is 1.76 bits per heavy atom. The maximum atomic E-state index is 14.2. The largest absolute Gasteiger partial charge is 0.478 e. The third-order valence-electron chi connectivity index (χ3n) is 6.36. The van der Waals surface area contributed by atoms with Gasteiger partial charge in [0.2, 0.25) is 0 Å². The zero-order valence-corrected chi connectivity index (χ0v) is 19.2. The molecule has 1 fully saturated rings. The average Bonchev–Trinajstić information content (AvgIpc) is 3.04. The number of alkyl halides is 2. The predicted octanol–water partition coefficient (Wildman–Crippen LogP) is 4.74. The summed E-state index contributed by atoms with van der Waals surface area (Å²) in [4.78, 5) is 24.4. The van der Waals surface area contributed by atoms with Crippen LogP contribution in [0.25, 0.3) is 0 Å². The number of aliphatic hydroxyl groups excluding tert-OH is 1. The molecular formula is C27H31F2NO4. The lowest BCUT2D eigenvalue weighted by Gasteiger charge is -2.22. The highest BCUT2D eigenvalue weighted by molar-refractivity contribution is 5.87. The Morgan fingerprint density at radius 1 is 1.12 bits per heavy atom. The average molecular weight is 472 g/mol. The molecule has 3 atom stereocenters. The molecule has 0 saturated carbocycles. The molecule has 1 aliphatic rings. The number of nitrogens with zero attached hydrogens (tertiary/aromatic N) is 1. The van der Waals surface area contributed by atoms with Gasteiger partial charge in [-0.05, 0) is 54.9 Å². The molecule has 0 aliphatic carbocycles. The summed E-state index contributed by atoms with van der Waals surface area (Å²) in [7, 11) is 0. The van der Waals surface area contributed by atoms with Crippen LogP contribution in [0.3, 0.4) is 0 Å². The van der Waals surface area contributed by atoms with Crippen molar-refractivity contribution < 1.29 is 28.6 Å². The van der Waals surface area contributed by atoms with E-state index in [1.165, 1.54) is 29.8 Å². The van der Waals surface area contributed by atoms with Crippen LogP contribution in [0.4, 0.5) is 8.78 Å². The smallest absolute Gasteiger partial charge is 0.335 e. The molecule has 0 bridgehead atoms. The Morgan fingerprint density at radius 3 is 2.41 bits per heavy atom. The van der Waals surface area contributed by atoms with E-state index in [0.29, 0.717) is 6.42 Å². The van der Waals surface area contributed by atoms with Crippen LogP contribution >= 0.6 is 0 Å². The quantitative estimate of drug-likeness (QED) is 0.464. The van der Waals surface area contributed by atoms with E-state index in [1.807, 2.05) is 25.1 Å². The molecule has 34 heavy (non-hydrogen) atoms. The lowest BCUT2D eigenvalue weighted by Crippen LogP contribution is -2.37. The second-order valence-electron chi connectivity index (χ2n) is 8.96. The first kappa shape index (κ1) is 25.6. The molecule has 1 amide bonds. The maximum Gasteiger partial charge on any atom is 0.335 e. The van der Waals surface area contributed by atoms with Gasteiger partial charge in [-0.25, -0.2) is 4.79 Å². The van der Waals surface area contributed by atoms with E-state index in [9.17, 15) is 23.5 Å². The molecule has 2 aromatic rings. The van der Waals surface area contributed by atoms with Crippen LogP contribution in [-0.2, 0) is 17.6 Å². The van der Waals surface area contributed by atoms with E-state index in [0.717, 1.165) is 29.7 Å². The highest BCUT2D eigenvalue weighted by Gasteiger charge is 2.52. The highest BCUT2D eigenvalue weighted by Crippen LogP contribution is 2.34. The standard InChI is InChI=1S/C27H31F2NO4/c1-19(6-5-9-20-7-3-2-4-8-20)24(31)15-14-23-18-27(28,29)26(34)30(23)17-16-21-10-12-22(13-11-21)25(32)33/h2-4,7-8,10-15,19,23-24,31H,5-6,9,16-18H2,1H3,(H,32,33). The van der Waals surface area contributed by atoms with E-state index in [1.54, 1.807) is 12.1 Å². The summed E-state index contributed by atoms with van der Waals surface area (Å²) >= 11 is 0. The van der Waals surface area contributed by atoms with Crippen LogP contribution < -0.4 is 0 Å². The fourth-order valence-electron chi connectivity index (χ4n) is 4.20. The molecule has 5 nitrogen and oxygen atoms in total. The summed E-state index contributed by atoms with van der Waals surface area (Å²) in [6, 6.07) is 15.4. The summed E-state index contributed by atoms with van der Waals surface area (Å²) < 4.78 is 28.3. The molecular weight excluding hydrogens is 440 g/mol. The van der Waals surface area contributed by atoms with Gasteiger partial charge in [0.25, 0.3) is 5.91 Å². The number of hydrogen-bond acceptors (Lipinski definition) is 3. The molecule has 1 aliphatic heterocycles. The molecule has 0 aromatic heterocycles.